The van der Waals surface area contributed by atoms with Gasteiger partial charge in [-0.15, -0.1) is 0 Å². The number of ether oxygens (including phenoxy) is 1. The Bertz CT molecular complexity index is 792. The Kier molecular flexibility index (Phi) is 9.80. The molecule has 8 nitrogen and oxygen atoms in total. The molecule has 0 radical (unpaired) electrons. The third-order valence-corrected chi connectivity index (χ3v) is 7.74. The molecule has 0 spiro atoms. The molecule has 3 aliphatic heterocycles. The molecule has 0 aromatic heterocycles. The van der Waals surface area contributed by atoms with Crippen molar-refractivity contribution in [2.75, 3.05) is 65.4 Å². The van der Waals surface area contributed by atoms with Crippen molar-refractivity contribution in [1.82, 2.24) is 19.6 Å². The summed E-state index contributed by atoms with van der Waals surface area (Å²) in [5.74, 6) is 0.0451. The molecular formula is C27H42N4O4. The number of carbonyl (C=O) groups is 2. The van der Waals surface area contributed by atoms with E-state index < -0.39 is 5.97 Å². The van der Waals surface area contributed by atoms with Gasteiger partial charge < -0.3 is 19.6 Å². The van der Waals surface area contributed by atoms with E-state index >= 15 is 0 Å². The number of likely N-dealkylation sites (tertiary alicyclic amines) is 1. The third kappa shape index (κ3) is 8.47. The minimum Gasteiger partial charge on any atom is -0.481 e. The van der Waals surface area contributed by atoms with Crippen molar-refractivity contribution in [3.05, 3.63) is 35.9 Å². The second-order valence-electron chi connectivity index (χ2n) is 10.4. The van der Waals surface area contributed by atoms with Gasteiger partial charge in [-0.1, -0.05) is 30.3 Å². The van der Waals surface area contributed by atoms with E-state index in [2.05, 4.69) is 45.0 Å². The quantitative estimate of drug-likeness (QED) is 0.487. The molecule has 1 N–H and O–H groups in total. The first-order valence-corrected chi connectivity index (χ1v) is 13.4. The second kappa shape index (κ2) is 13.2. The van der Waals surface area contributed by atoms with Gasteiger partial charge in [-0.25, -0.2) is 4.79 Å². The summed E-state index contributed by atoms with van der Waals surface area (Å²) in [5.41, 5.74) is 1.39. The van der Waals surface area contributed by atoms with Crippen molar-refractivity contribution in [2.24, 2.45) is 5.92 Å². The highest BCUT2D eigenvalue weighted by Gasteiger charge is 2.33. The zero-order valence-electron chi connectivity index (χ0n) is 21.0. The zero-order chi connectivity index (χ0) is 24.5. The van der Waals surface area contributed by atoms with Gasteiger partial charge in [0.1, 0.15) is 6.10 Å². The molecule has 3 heterocycles. The smallest absolute Gasteiger partial charge is 0.410 e. The molecule has 35 heavy (non-hydrogen) atoms. The number of hydrogen-bond donors (Lipinski definition) is 1. The van der Waals surface area contributed by atoms with Gasteiger partial charge in [0.25, 0.3) is 0 Å². The topological polar surface area (TPSA) is 76.6 Å². The van der Waals surface area contributed by atoms with E-state index in [1.54, 1.807) is 0 Å². The number of piperidine rings is 1. The first-order valence-electron chi connectivity index (χ1n) is 13.4. The SMILES string of the molecule is O=C(O)CCCN1CCN(CC2CN(CCCC3CCN(Cc4ccccc4)CC3)C(=O)O2)CC1. The van der Waals surface area contributed by atoms with Crippen LogP contribution in [0.1, 0.15) is 44.1 Å². The molecule has 1 unspecified atom stereocenters. The molecule has 1 atom stereocenters. The summed E-state index contributed by atoms with van der Waals surface area (Å²) >= 11 is 0. The number of cyclic esters (lactones) is 1. The van der Waals surface area contributed by atoms with Crippen LogP contribution in [0, 0.1) is 5.92 Å². The van der Waals surface area contributed by atoms with Gasteiger partial charge in [0.05, 0.1) is 6.54 Å². The Balaban J connectivity index is 1.07. The van der Waals surface area contributed by atoms with Crippen LogP contribution in [0.3, 0.4) is 0 Å². The van der Waals surface area contributed by atoms with Crippen molar-refractivity contribution in [1.29, 1.82) is 0 Å². The maximum absolute atomic E-state index is 12.4. The lowest BCUT2D eigenvalue weighted by Crippen LogP contribution is -2.49. The van der Waals surface area contributed by atoms with Crippen LogP contribution in [0.5, 0.6) is 0 Å². The van der Waals surface area contributed by atoms with Crippen LogP contribution >= 0.6 is 0 Å². The minimum absolute atomic E-state index is 0.0396. The Morgan fingerprint density at radius 1 is 0.914 bits per heavy atom. The number of carboxylic acids is 1. The van der Waals surface area contributed by atoms with Crippen LogP contribution in [0.15, 0.2) is 30.3 Å². The number of hydrogen-bond acceptors (Lipinski definition) is 6. The predicted octanol–water partition coefficient (Wildman–Crippen LogP) is 2.98. The van der Waals surface area contributed by atoms with Crippen molar-refractivity contribution in [3.63, 3.8) is 0 Å². The van der Waals surface area contributed by atoms with E-state index in [9.17, 15) is 9.59 Å². The number of carboxylic acid groups (broad SMARTS) is 1. The number of carbonyl (C=O) groups excluding carboxylic acids is 1. The minimum atomic E-state index is -0.722. The number of nitrogens with zero attached hydrogens (tertiary/aromatic N) is 4. The number of benzene rings is 1. The third-order valence-electron chi connectivity index (χ3n) is 7.74. The molecule has 4 rings (SSSR count). The molecule has 0 aliphatic carbocycles. The lowest BCUT2D eigenvalue weighted by Gasteiger charge is -2.35. The maximum atomic E-state index is 12.4. The number of rotatable bonds is 12. The van der Waals surface area contributed by atoms with Crippen LogP contribution in [0.25, 0.3) is 0 Å². The standard InChI is InChI=1S/C27H42N4O4/c32-26(33)9-5-12-28-16-18-30(19-17-28)21-25-22-31(27(34)35-25)13-4-8-23-10-14-29(15-11-23)20-24-6-2-1-3-7-24/h1-3,6-7,23,25H,4-5,8-22H2,(H,32,33). The Morgan fingerprint density at radius 3 is 2.34 bits per heavy atom. The Labute approximate surface area is 209 Å². The summed E-state index contributed by atoms with van der Waals surface area (Å²) < 4.78 is 5.67. The predicted molar refractivity (Wildman–Crippen MR) is 135 cm³/mol. The molecule has 1 aromatic carbocycles. The molecule has 0 bridgehead atoms. The maximum Gasteiger partial charge on any atom is 0.410 e. The van der Waals surface area contributed by atoms with Crippen molar-refractivity contribution in [2.45, 2.75) is 51.2 Å². The fraction of sp³-hybridized carbons (Fsp3) is 0.704. The number of piperazine rings is 1. The normalized spacial score (nSPS) is 23.0. The van der Waals surface area contributed by atoms with Crippen molar-refractivity contribution >= 4 is 12.1 Å². The summed E-state index contributed by atoms with van der Waals surface area (Å²) in [4.78, 5) is 32.2. The van der Waals surface area contributed by atoms with Crippen LogP contribution in [-0.4, -0.2) is 108 Å². The van der Waals surface area contributed by atoms with Crippen LogP contribution in [0.4, 0.5) is 4.79 Å². The first-order chi connectivity index (χ1) is 17.0. The fourth-order valence-electron chi connectivity index (χ4n) is 5.64. The van der Waals surface area contributed by atoms with Gasteiger partial charge in [-0.3, -0.25) is 14.6 Å². The number of aliphatic carboxylic acids is 1. The summed E-state index contributed by atoms with van der Waals surface area (Å²) in [6, 6.07) is 10.7. The summed E-state index contributed by atoms with van der Waals surface area (Å²) in [6.45, 7) is 10.3. The van der Waals surface area contributed by atoms with E-state index in [1.165, 1.54) is 37.9 Å². The van der Waals surface area contributed by atoms with Gasteiger partial charge in [0.2, 0.25) is 0 Å². The van der Waals surface area contributed by atoms with Gasteiger partial charge in [0, 0.05) is 52.2 Å². The average Bonchev–Trinajstić information content (AvgIpc) is 3.20. The molecular weight excluding hydrogens is 444 g/mol. The largest absolute Gasteiger partial charge is 0.481 e. The summed E-state index contributed by atoms with van der Waals surface area (Å²) in [5, 5.41) is 8.79. The van der Waals surface area contributed by atoms with E-state index in [0.717, 1.165) is 64.7 Å². The lowest BCUT2D eigenvalue weighted by atomic mass is 9.92. The van der Waals surface area contributed by atoms with Gasteiger partial charge in [-0.2, -0.15) is 0 Å². The van der Waals surface area contributed by atoms with Crippen molar-refractivity contribution in [3.8, 4) is 0 Å². The second-order valence-corrected chi connectivity index (χ2v) is 10.4. The Morgan fingerprint density at radius 2 is 1.63 bits per heavy atom. The first kappa shape index (κ1) is 25.9. The van der Waals surface area contributed by atoms with E-state index in [-0.39, 0.29) is 18.6 Å². The monoisotopic (exact) mass is 486 g/mol. The van der Waals surface area contributed by atoms with Gasteiger partial charge in [-0.05, 0) is 63.2 Å². The van der Waals surface area contributed by atoms with Crippen LogP contribution < -0.4 is 0 Å². The highest BCUT2D eigenvalue weighted by molar-refractivity contribution is 5.69. The molecule has 3 saturated heterocycles. The molecule has 194 valence electrons. The summed E-state index contributed by atoms with van der Waals surface area (Å²) in [7, 11) is 0. The molecule has 8 heteroatoms. The van der Waals surface area contributed by atoms with Crippen molar-refractivity contribution < 1.29 is 19.4 Å². The van der Waals surface area contributed by atoms with E-state index in [0.29, 0.717) is 13.0 Å². The van der Waals surface area contributed by atoms with Crippen LogP contribution in [-0.2, 0) is 16.1 Å². The highest BCUT2D eigenvalue weighted by atomic mass is 16.6. The molecule has 1 amide bonds. The van der Waals surface area contributed by atoms with Gasteiger partial charge in [0.15, 0.2) is 0 Å². The fourth-order valence-corrected chi connectivity index (χ4v) is 5.64. The summed E-state index contributed by atoms with van der Waals surface area (Å²) in [6.07, 6.45) is 5.50. The number of amides is 1. The molecule has 3 aliphatic rings. The Hall–Kier alpha value is -2.16. The van der Waals surface area contributed by atoms with Gasteiger partial charge >= 0.3 is 12.1 Å². The molecule has 1 aromatic rings. The molecule has 0 saturated carbocycles. The average molecular weight is 487 g/mol. The lowest BCUT2D eigenvalue weighted by molar-refractivity contribution is -0.137. The zero-order valence-corrected chi connectivity index (χ0v) is 21.0. The van der Waals surface area contributed by atoms with E-state index in [1.807, 2.05) is 4.90 Å². The van der Waals surface area contributed by atoms with E-state index in [4.69, 9.17) is 9.84 Å². The highest BCUT2D eigenvalue weighted by Crippen LogP contribution is 2.24. The molecule has 3 fully saturated rings. The van der Waals surface area contributed by atoms with Crippen LogP contribution in [0.2, 0.25) is 0 Å².